The van der Waals surface area contributed by atoms with Crippen molar-refractivity contribution in [3.63, 3.8) is 0 Å². The molecule has 1 aromatic carbocycles. The van der Waals surface area contributed by atoms with E-state index in [2.05, 4.69) is 4.74 Å². The van der Waals surface area contributed by atoms with E-state index in [-0.39, 0.29) is 16.7 Å². The van der Waals surface area contributed by atoms with Crippen molar-refractivity contribution >= 4 is 0 Å². The predicted octanol–water partition coefficient (Wildman–Crippen LogP) is 2.95. The predicted molar refractivity (Wildman–Crippen MR) is 60.1 cm³/mol. The summed E-state index contributed by atoms with van der Waals surface area (Å²) >= 11 is 0. The molecule has 5 heteroatoms. The Hall–Kier alpha value is -1.23. The molecule has 0 aromatic heterocycles. The van der Waals surface area contributed by atoms with E-state index < -0.39 is 12.4 Å². The monoisotopic (exact) mass is 257 g/mol. The van der Waals surface area contributed by atoms with Crippen molar-refractivity contribution in [1.82, 2.24) is 0 Å². The highest BCUT2D eigenvalue weighted by Crippen LogP contribution is 2.64. The lowest BCUT2D eigenvalue weighted by molar-refractivity contribution is -0.0500. The van der Waals surface area contributed by atoms with Crippen molar-refractivity contribution in [1.29, 1.82) is 0 Å². The molecule has 0 aliphatic heterocycles. The Labute approximate surface area is 103 Å². The number of ether oxygens (including phenoxy) is 1. The number of rotatable bonds is 4. The molecular weight excluding hydrogens is 243 g/mol. The Balaban J connectivity index is 1.90. The smallest absolute Gasteiger partial charge is 0.387 e. The van der Waals surface area contributed by atoms with E-state index in [1.54, 1.807) is 0 Å². The summed E-state index contributed by atoms with van der Waals surface area (Å²) in [6, 6.07) is 3.94. The Morgan fingerprint density at radius 2 is 1.83 bits per heavy atom. The van der Waals surface area contributed by atoms with E-state index in [1.807, 2.05) is 0 Å². The lowest BCUT2D eigenvalue weighted by Crippen LogP contribution is -2.37. The van der Waals surface area contributed by atoms with Gasteiger partial charge in [-0.15, -0.1) is 0 Å². The highest BCUT2D eigenvalue weighted by Gasteiger charge is 2.64. The summed E-state index contributed by atoms with van der Waals surface area (Å²) < 4.78 is 42.3. The third-order valence-corrected chi connectivity index (χ3v) is 4.17. The largest absolute Gasteiger partial charge is 0.435 e. The lowest BCUT2D eigenvalue weighted by Gasteiger charge is -2.24. The van der Waals surface area contributed by atoms with Crippen molar-refractivity contribution in [3.05, 3.63) is 29.6 Å². The first kappa shape index (κ1) is 11.8. The molecule has 3 rings (SSSR count). The van der Waals surface area contributed by atoms with Crippen LogP contribution in [0.4, 0.5) is 13.2 Å². The van der Waals surface area contributed by atoms with E-state index in [0.717, 1.165) is 31.7 Å². The first-order valence-electron chi connectivity index (χ1n) is 6.01. The highest BCUT2D eigenvalue weighted by atomic mass is 19.3. The van der Waals surface area contributed by atoms with Crippen LogP contribution in [-0.4, -0.2) is 12.2 Å². The van der Waals surface area contributed by atoms with Gasteiger partial charge in [0, 0.05) is 17.0 Å². The average molecular weight is 257 g/mol. The van der Waals surface area contributed by atoms with Crippen LogP contribution in [0.15, 0.2) is 18.2 Å². The zero-order chi connectivity index (χ0) is 13.0. The van der Waals surface area contributed by atoms with Gasteiger partial charge in [-0.25, -0.2) is 4.39 Å². The van der Waals surface area contributed by atoms with E-state index in [1.165, 1.54) is 12.1 Å². The highest BCUT2D eigenvalue weighted by molar-refractivity contribution is 5.43. The maximum Gasteiger partial charge on any atom is 0.387 e. The molecule has 2 saturated carbocycles. The van der Waals surface area contributed by atoms with E-state index in [0.29, 0.717) is 5.56 Å². The summed E-state index contributed by atoms with van der Waals surface area (Å²) in [5.41, 5.74) is 6.16. The van der Waals surface area contributed by atoms with E-state index in [9.17, 15) is 13.2 Å². The Bertz CT molecular complexity index is 481. The number of halogens is 3. The molecule has 0 bridgehead atoms. The summed E-state index contributed by atoms with van der Waals surface area (Å²) in [4.78, 5) is 0. The number of hydrogen-bond donors (Lipinski definition) is 1. The zero-order valence-electron chi connectivity index (χ0n) is 9.76. The molecule has 2 N–H and O–H groups in total. The molecule has 2 aliphatic rings. The number of alkyl halides is 2. The van der Waals surface area contributed by atoms with Gasteiger partial charge < -0.3 is 10.5 Å². The molecule has 0 atom stereocenters. The zero-order valence-corrected chi connectivity index (χ0v) is 9.76. The number of hydrogen-bond acceptors (Lipinski definition) is 2. The lowest BCUT2D eigenvalue weighted by atomic mass is 9.86. The minimum absolute atomic E-state index is 0.149. The molecular formula is C13H14F3NO. The van der Waals surface area contributed by atoms with Gasteiger partial charge in [0.2, 0.25) is 0 Å². The fraction of sp³-hybridized carbons (Fsp3) is 0.538. The maximum atomic E-state index is 14.0. The minimum atomic E-state index is -2.94. The topological polar surface area (TPSA) is 35.2 Å². The van der Waals surface area contributed by atoms with Crippen LogP contribution >= 0.6 is 0 Å². The van der Waals surface area contributed by atoms with Gasteiger partial charge in [0.25, 0.3) is 0 Å². The second-order valence-corrected chi connectivity index (χ2v) is 5.26. The second kappa shape index (κ2) is 3.63. The summed E-state index contributed by atoms with van der Waals surface area (Å²) in [7, 11) is 0. The van der Waals surface area contributed by atoms with Gasteiger partial charge in [0.15, 0.2) is 0 Å². The quantitative estimate of drug-likeness (QED) is 0.900. The molecule has 2 fully saturated rings. The number of nitrogens with two attached hydrogens (primary N) is 1. The first-order chi connectivity index (χ1) is 8.47. The van der Waals surface area contributed by atoms with Crippen molar-refractivity contribution in [2.45, 2.75) is 43.2 Å². The van der Waals surface area contributed by atoms with Crippen LogP contribution in [0.5, 0.6) is 5.75 Å². The molecule has 2 nitrogen and oxygen atoms in total. The third-order valence-electron chi connectivity index (χ3n) is 4.17. The van der Waals surface area contributed by atoms with Crippen molar-refractivity contribution in [2.24, 2.45) is 5.73 Å². The van der Waals surface area contributed by atoms with Gasteiger partial charge in [-0.05, 0) is 37.3 Å². The third kappa shape index (κ3) is 1.68. The molecule has 0 radical (unpaired) electrons. The van der Waals surface area contributed by atoms with E-state index in [4.69, 9.17) is 5.73 Å². The molecule has 0 spiro atoms. The van der Waals surface area contributed by atoms with Gasteiger partial charge in [-0.1, -0.05) is 6.07 Å². The van der Waals surface area contributed by atoms with Crippen LogP contribution in [0, 0.1) is 5.82 Å². The average Bonchev–Trinajstić information content (AvgIpc) is 3.13. The summed E-state index contributed by atoms with van der Waals surface area (Å²) in [6.45, 7) is -2.94. The maximum absolute atomic E-state index is 14.0. The Morgan fingerprint density at radius 1 is 1.17 bits per heavy atom. The molecule has 98 valence electrons. The number of benzene rings is 1. The molecule has 18 heavy (non-hydrogen) atoms. The Kier molecular flexibility index (Phi) is 2.39. The summed E-state index contributed by atoms with van der Waals surface area (Å²) in [6.07, 6.45) is 3.55. The van der Waals surface area contributed by atoms with Gasteiger partial charge in [-0.2, -0.15) is 8.78 Å². The van der Waals surface area contributed by atoms with Gasteiger partial charge in [0.05, 0.1) is 0 Å². The molecule has 0 unspecified atom stereocenters. The van der Waals surface area contributed by atoms with Gasteiger partial charge in [0.1, 0.15) is 11.6 Å². The van der Waals surface area contributed by atoms with Crippen LogP contribution in [-0.2, 0) is 5.41 Å². The normalized spacial score (nSPS) is 22.9. The fourth-order valence-electron chi connectivity index (χ4n) is 2.83. The summed E-state index contributed by atoms with van der Waals surface area (Å²) in [5, 5.41) is 0. The molecule has 0 heterocycles. The summed E-state index contributed by atoms with van der Waals surface area (Å²) in [5.74, 6) is -0.647. The molecule has 0 saturated heterocycles. The van der Waals surface area contributed by atoms with Gasteiger partial charge >= 0.3 is 6.61 Å². The second-order valence-electron chi connectivity index (χ2n) is 5.26. The molecule has 1 aromatic rings. The van der Waals surface area contributed by atoms with Crippen molar-refractivity contribution in [3.8, 4) is 5.75 Å². The van der Waals surface area contributed by atoms with E-state index >= 15 is 0 Å². The fourth-order valence-corrected chi connectivity index (χ4v) is 2.83. The minimum Gasteiger partial charge on any atom is -0.435 e. The van der Waals surface area contributed by atoms with Crippen molar-refractivity contribution in [2.75, 3.05) is 0 Å². The van der Waals surface area contributed by atoms with Crippen LogP contribution in [0.25, 0.3) is 0 Å². The van der Waals surface area contributed by atoms with Crippen LogP contribution in [0.3, 0.4) is 0 Å². The van der Waals surface area contributed by atoms with Crippen LogP contribution in [0.1, 0.15) is 31.2 Å². The molecule has 0 amide bonds. The molecule has 2 aliphatic carbocycles. The van der Waals surface area contributed by atoms with Gasteiger partial charge in [-0.3, -0.25) is 0 Å². The standard InChI is InChI=1S/C13H14F3NO/c14-10-7-8(18-11(15)16)1-2-9(10)12(3-4-12)13(17)5-6-13/h1-2,7,11H,3-6,17H2. The van der Waals surface area contributed by atoms with Crippen LogP contribution in [0.2, 0.25) is 0 Å². The first-order valence-corrected chi connectivity index (χ1v) is 6.01. The van der Waals surface area contributed by atoms with Crippen LogP contribution < -0.4 is 10.5 Å². The Morgan fingerprint density at radius 3 is 2.28 bits per heavy atom. The SMILES string of the molecule is NC1(C2(c3ccc(OC(F)F)cc3F)CC2)CC1. The van der Waals surface area contributed by atoms with Crippen molar-refractivity contribution < 1.29 is 17.9 Å².